The number of hydrogen-bond acceptors (Lipinski definition) is 3. The number of likely N-dealkylation sites (N-methyl/N-ethyl adjacent to an activating group) is 1. The van der Waals surface area contributed by atoms with E-state index in [-0.39, 0.29) is 11.8 Å². The summed E-state index contributed by atoms with van der Waals surface area (Å²) in [7, 11) is 2.04. The third-order valence-electron chi connectivity index (χ3n) is 5.11. The fourth-order valence-corrected chi connectivity index (χ4v) is 3.75. The Labute approximate surface area is 144 Å². The Kier molecular flexibility index (Phi) is 5.51. The second kappa shape index (κ2) is 7.79. The summed E-state index contributed by atoms with van der Waals surface area (Å²) >= 11 is 0. The van der Waals surface area contributed by atoms with Crippen molar-refractivity contribution < 1.29 is 9.59 Å². The van der Waals surface area contributed by atoms with E-state index >= 15 is 0 Å². The third kappa shape index (κ3) is 4.15. The van der Waals surface area contributed by atoms with Gasteiger partial charge in [0.15, 0.2) is 0 Å². The Hall–Kier alpha value is -1.88. The summed E-state index contributed by atoms with van der Waals surface area (Å²) in [6, 6.07) is 8.11. The lowest BCUT2D eigenvalue weighted by atomic mass is 9.94. The number of anilines is 2. The molecule has 5 nitrogen and oxygen atoms in total. The van der Waals surface area contributed by atoms with Crippen LogP contribution in [-0.2, 0) is 9.59 Å². The average Bonchev–Trinajstić information content (AvgIpc) is 3.02. The molecule has 1 heterocycles. The molecule has 0 radical (unpaired) electrons. The van der Waals surface area contributed by atoms with Crippen molar-refractivity contribution in [3.05, 3.63) is 24.3 Å². The number of benzene rings is 1. The van der Waals surface area contributed by atoms with Gasteiger partial charge in [0.05, 0.1) is 6.54 Å². The minimum atomic E-state index is 0.00738. The lowest BCUT2D eigenvalue weighted by Gasteiger charge is -2.30. The van der Waals surface area contributed by atoms with Gasteiger partial charge in [-0.2, -0.15) is 0 Å². The Bertz CT molecular complexity index is 596. The first-order chi connectivity index (χ1) is 11.6. The molecule has 5 heteroatoms. The van der Waals surface area contributed by atoms with Crippen LogP contribution in [0.5, 0.6) is 0 Å². The second-order valence-corrected chi connectivity index (χ2v) is 6.95. The molecule has 1 aromatic carbocycles. The first-order valence-corrected chi connectivity index (χ1v) is 9.04. The number of carbonyl (C=O) groups is 2. The van der Waals surface area contributed by atoms with Crippen LogP contribution in [0.3, 0.4) is 0 Å². The summed E-state index contributed by atoms with van der Waals surface area (Å²) in [4.78, 5) is 28.2. The zero-order chi connectivity index (χ0) is 16.9. The van der Waals surface area contributed by atoms with Gasteiger partial charge in [0.1, 0.15) is 0 Å². The number of amides is 2. The molecule has 1 aliphatic carbocycles. The number of nitrogens with zero attached hydrogens (tertiary/aromatic N) is 2. The van der Waals surface area contributed by atoms with Crippen molar-refractivity contribution in [1.82, 2.24) is 4.90 Å². The van der Waals surface area contributed by atoms with Gasteiger partial charge in [0.2, 0.25) is 11.8 Å². The van der Waals surface area contributed by atoms with Gasteiger partial charge < -0.3 is 10.2 Å². The summed E-state index contributed by atoms with van der Waals surface area (Å²) in [6.07, 6.45) is 7.75. The molecule has 0 unspecified atom stereocenters. The summed E-state index contributed by atoms with van der Waals surface area (Å²) in [6.45, 7) is 1.18. The van der Waals surface area contributed by atoms with Crippen molar-refractivity contribution in [3.63, 3.8) is 0 Å². The van der Waals surface area contributed by atoms with Crippen LogP contribution in [0.1, 0.15) is 44.9 Å². The normalized spacial score (nSPS) is 19.1. The fourth-order valence-electron chi connectivity index (χ4n) is 3.75. The number of rotatable bonds is 5. The molecule has 2 aliphatic rings. The zero-order valence-corrected chi connectivity index (χ0v) is 14.5. The highest BCUT2D eigenvalue weighted by Gasteiger charge is 2.22. The van der Waals surface area contributed by atoms with E-state index in [1.807, 2.05) is 31.3 Å². The van der Waals surface area contributed by atoms with E-state index in [0.717, 1.165) is 24.3 Å². The molecular weight excluding hydrogens is 302 g/mol. The van der Waals surface area contributed by atoms with Crippen LogP contribution in [0, 0.1) is 0 Å². The van der Waals surface area contributed by atoms with Gasteiger partial charge in [0.25, 0.3) is 0 Å². The van der Waals surface area contributed by atoms with Crippen molar-refractivity contribution in [2.45, 2.75) is 51.0 Å². The van der Waals surface area contributed by atoms with Gasteiger partial charge in [-0.25, -0.2) is 0 Å². The monoisotopic (exact) mass is 329 g/mol. The van der Waals surface area contributed by atoms with Gasteiger partial charge >= 0.3 is 0 Å². The molecule has 2 amide bonds. The standard InChI is InChI=1S/C19H27N3O2/c1-21(16-8-3-2-4-9-16)14-18(23)20-15-7-5-10-17(13-15)22-12-6-11-19(22)24/h5,7,10,13,16H,2-4,6,8-9,11-12,14H2,1H3,(H,20,23). The molecular formula is C19H27N3O2. The van der Waals surface area contributed by atoms with E-state index in [2.05, 4.69) is 10.2 Å². The van der Waals surface area contributed by atoms with Gasteiger partial charge in [0, 0.05) is 30.4 Å². The van der Waals surface area contributed by atoms with Crippen molar-refractivity contribution in [3.8, 4) is 0 Å². The maximum absolute atomic E-state index is 12.3. The van der Waals surface area contributed by atoms with Gasteiger partial charge in [-0.3, -0.25) is 14.5 Å². The van der Waals surface area contributed by atoms with E-state index in [0.29, 0.717) is 19.0 Å². The minimum Gasteiger partial charge on any atom is -0.325 e. The first kappa shape index (κ1) is 17.0. The molecule has 1 saturated heterocycles. The predicted octanol–water partition coefficient (Wildman–Crippen LogP) is 3.02. The lowest BCUT2D eigenvalue weighted by molar-refractivity contribution is -0.118. The summed E-state index contributed by atoms with van der Waals surface area (Å²) in [5, 5.41) is 2.97. The zero-order valence-electron chi connectivity index (χ0n) is 14.5. The van der Waals surface area contributed by atoms with E-state index in [1.165, 1.54) is 32.1 Å². The molecule has 0 atom stereocenters. The van der Waals surface area contributed by atoms with E-state index in [1.54, 1.807) is 4.90 Å². The summed E-state index contributed by atoms with van der Waals surface area (Å²) in [5.41, 5.74) is 1.63. The first-order valence-electron chi connectivity index (χ1n) is 9.04. The van der Waals surface area contributed by atoms with E-state index in [4.69, 9.17) is 0 Å². The molecule has 130 valence electrons. The quantitative estimate of drug-likeness (QED) is 0.903. The average molecular weight is 329 g/mol. The Balaban J connectivity index is 1.57. The van der Waals surface area contributed by atoms with Crippen LogP contribution in [0.15, 0.2) is 24.3 Å². The highest BCUT2D eigenvalue weighted by atomic mass is 16.2. The SMILES string of the molecule is CN(CC(=O)Nc1cccc(N2CCCC2=O)c1)C1CCCCC1. The van der Waals surface area contributed by atoms with E-state index in [9.17, 15) is 9.59 Å². The highest BCUT2D eigenvalue weighted by molar-refractivity contribution is 5.97. The molecule has 24 heavy (non-hydrogen) atoms. The largest absolute Gasteiger partial charge is 0.325 e. The summed E-state index contributed by atoms with van der Waals surface area (Å²) in [5.74, 6) is 0.170. The molecule has 1 aromatic rings. The molecule has 1 N–H and O–H groups in total. The van der Waals surface area contributed by atoms with Gasteiger partial charge in [-0.15, -0.1) is 0 Å². The van der Waals surface area contributed by atoms with Crippen LogP contribution < -0.4 is 10.2 Å². The molecule has 0 aromatic heterocycles. The smallest absolute Gasteiger partial charge is 0.238 e. The number of carbonyl (C=O) groups excluding carboxylic acids is 2. The molecule has 0 bridgehead atoms. The maximum atomic E-state index is 12.3. The number of hydrogen-bond donors (Lipinski definition) is 1. The van der Waals surface area contributed by atoms with Crippen LogP contribution in [-0.4, -0.2) is 42.9 Å². The van der Waals surface area contributed by atoms with Crippen molar-refractivity contribution >= 4 is 23.2 Å². The molecule has 2 fully saturated rings. The van der Waals surface area contributed by atoms with Crippen LogP contribution in [0.4, 0.5) is 11.4 Å². The van der Waals surface area contributed by atoms with Crippen LogP contribution in [0.2, 0.25) is 0 Å². The topological polar surface area (TPSA) is 52.7 Å². The van der Waals surface area contributed by atoms with Crippen molar-refractivity contribution in [1.29, 1.82) is 0 Å². The molecule has 1 saturated carbocycles. The number of nitrogens with one attached hydrogen (secondary N) is 1. The maximum Gasteiger partial charge on any atom is 0.238 e. The van der Waals surface area contributed by atoms with Gasteiger partial charge in [-0.05, 0) is 44.5 Å². The molecule has 1 aliphatic heterocycles. The van der Waals surface area contributed by atoms with Crippen molar-refractivity contribution in [2.75, 3.05) is 30.4 Å². The predicted molar refractivity (Wildman–Crippen MR) is 96.2 cm³/mol. The second-order valence-electron chi connectivity index (χ2n) is 6.95. The highest BCUT2D eigenvalue weighted by Crippen LogP contribution is 2.24. The van der Waals surface area contributed by atoms with Crippen molar-refractivity contribution in [2.24, 2.45) is 0 Å². The fraction of sp³-hybridized carbons (Fsp3) is 0.579. The minimum absolute atomic E-state index is 0.00738. The molecule has 0 spiro atoms. The Morgan fingerprint density at radius 1 is 1.25 bits per heavy atom. The lowest BCUT2D eigenvalue weighted by Crippen LogP contribution is -2.39. The van der Waals surface area contributed by atoms with Crippen LogP contribution in [0.25, 0.3) is 0 Å². The Morgan fingerprint density at radius 3 is 2.75 bits per heavy atom. The van der Waals surface area contributed by atoms with Crippen LogP contribution >= 0.6 is 0 Å². The summed E-state index contributed by atoms with van der Waals surface area (Å²) < 4.78 is 0. The Morgan fingerprint density at radius 2 is 2.04 bits per heavy atom. The van der Waals surface area contributed by atoms with Gasteiger partial charge in [-0.1, -0.05) is 25.3 Å². The molecule has 3 rings (SSSR count). The van der Waals surface area contributed by atoms with E-state index < -0.39 is 0 Å². The third-order valence-corrected chi connectivity index (χ3v) is 5.11.